The maximum absolute atomic E-state index is 13.8. The molecule has 0 unspecified atom stereocenters. The lowest BCUT2D eigenvalue weighted by Crippen LogP contribution is -2.40. The van der Waals surface area contributed by atoms with Crippen molar-refractivity contribution in [1.82, 2.24) is 4.90 Å². The van der Waals surface area contributed by atoms with Gasteiger partial charge in [0.05, 0.1) is 0 Å². The molecular weight excluding hydrogens is 267 g/mol. The predicted octanol–water partition coefficient (Wildman–Crippen LogP) is 2.83. The number of nitrogens with zero attached hydrogens (tertiary/aromatic N) is 1. The second-order valence-corrected chi connectivity index (χ2v) is 6.40. The summed E-state index contributed by atoms with van der Waals surface area (Å²) in [5.74, 6) is 0.0615. The normalized spacial score (nSPS) is 25.6. The molecule has 2 aliphatic rings. The smallest absolute Gasteiger partial charge is 0.226 e. The van der Waals surface area contributed by atoms with Crippen LogP contribution in [-0.2, 0) is 11.3 Å². The monoisotopic (exact) mass is 290 g/mol. The van der Waals surface area contributed by atoms with E-state index in [-0.39, 0.29) is 23.7 Å². The minimum absolute atomic E-state index is 0.0807. The minimum Gasteiger partial charge on any atom is -0.335 e. The fourth-order valence-corrected chi connectivity index (χ4v) is 3.18. The molecule has 2 aliphatic carbocycles. The SMILES string of the molecule is NC1CCC(C(=O)N(Cc2ccccc2F)C2CC2)CC1. The number of hydrogen-bond acceptors (Lipinski definition) is 2. The van der Waals surface area contributed by atoms with Crippen LogP contribution in [0.4, 0.5) is 4.39 Å². The molecule has 3 rings (SSSR count). The summed E-state index contributed by atoms with van der Waals surface area (Å²) in [6, 6.07) is 7.31. The van der Waals surface area contributed by atoms with E-state index < -0.39 is 0 Å². The maximum Gasteiger partial charge on any atom is 0.226 e. The van der Waals surface area contributed by atoms with Gasteiger partial charge in [-0.15, -0.1) is 0 Å². The molecule has 0 saturated heterocycles. The summed E-state index contributed by atoms with van der Waals surface area (Å²) in [6.45, 7) is 0.402. The molecule has 114 valence electrons. The number of benzene rings is 1. The number of rotatable bonds is 4. The summed E-state index contributed by atoms with van der Waals surface area (Å²) in [4.78, 5) is 14.7. The lowest BCUT2D eigenvalue weighted by Gasteiger charge is -2.31. The molecule has 0 aliphatic heterocycles. The lowest BCUT2D eigenvalue weighted by atomic mass is 9.85. The first kappa shape index (κ1) is 14.5. The predicted molar refractivity (Wildman–Crippen MR) is 79.9 cm³/mol. The molecule has 0 spiro atoms. The highest BCUT2D eigenvalue weighted by Crippen LogP contribution is 2.33. The van der Waals surface area contributed by atoms with Crippen molar-refractivity contribution in [3.63, 3.8) is 0 Å². The highest BCUT2D eigenvalue weighted by atomic mass is 19.1. The Bertz CT molecular complexity index is 507. The van der Waals surface area contributed by atoms with E-state index in [9.17, 15) is 9.18 Å². The van der Waals surface area contributed by atoms with Gasteiger partial charge in [-0.1, -0.05) is 18.2 Å². The minimum atomic E-state index is -0.221. The number of carbonyl (C=O) groups is 1. The van der Waals surface area contributed by atoms with E-state index >= 15 is 0 Å². The molecule has 1 aromatic rings. The van der Waals surface area contributed by atoms with Gasteiger partial charge in [0.2, 0.25) is 5.91 Å². The van der Waals surface area contributed by atoms with Gasteiger partial charge in [0.1, 0.15) is 5.82 Å². The van der Waals surface area contributed by atoms with Crippen molar-refractivity contribution in [2.24, 2.45) is 11.7 Å². The Morgan fingerprint density at radius 3 is 2.43 bits per heavy atom. The zero-order valence-corrected chi connectivity index (χ0v) is 12.3. The van der Waals surface area contributed by atoms with Crippen LogP contribution in [0, 0.1) is 11.7 Å². The van der Waals surface area contributed by atoms with Crippen LogP contribution in [0.3, 0.4) is 0 Å². The van der Waals surface area contributed by atoms with Gasteiger partial charge >= 0.3 is 0 Å². The van der Waals surface area contributed by atoms with Crippen LogP contribution < -0.4 is 5.73 Å². The van der Waals surface area contributed by atoms with Gasteiger partial charge in [0.25, 0.3) is 0 Å². The Morgan fingerprint density at radius 2 is 1.81 bits per heavy atom. The van der Waals surface area contributed by atoms with Gasteiger partial charge in [-0.2, -0.15) is 0 Å². The largest absolute Gasteiger partial charge is 0.335 e. The van der Waals surface area contributed by atoms with Gasteiger partial charge < -0.3 is 10.6 Å². The van der Waals surface area contributed by atoms with E-state index in [1.165, 1.54) is 6.07 Å². The van der Waals surface area contributed by atoms with Crippen molar-refractivity contribution >= 4 is 5.91 Å². The molecule has 0 aromatic heterocycles. The first-order valence-corrected chi connectivity index (χ1v) is 7.94. The Labute approximate surface area is 125 Å². The summed E-state index contributed by atoms with van der Waals surface area (Å²) in [5.41, 5.74) is 6.53. The van der Waals surface area contributed by atoms with Crippen LogP contribution in [0.2, 0.25) is 0 Å². The lowest BCUT2D eigenvalue weighted by molar-refractivity contribution is -0.138. The van der Waals surface area contributed by atoms with Crippen molar-refractivity contribution in [2.45, 2.75) is 57.2 Å². The van der Waals surface area contributed by atoms with Crippen molar-refractivity contribution in [1.29, 1.82) is 0 Å². The molecule has 0 radical (unpaired) electrons. The van der Waals surface area contributed by atoms with Crippen LogP contribution in [0.5, 0.6) is 0 Å². The van der Waals surface area contributed by atoms with Crippen LogP contribution in [0.1, 0.15) is 44.1 Å². The van der Waals surface area contributed by atoms with E-state index in [1.54, 1.807) is 12.1 Å². The molecule has 2 N–H and O–H groups in total. The quantitative estimate of drug-likeness (QED) is 0.927. The zero-order valence-electron chi connectivity index (χ0n) is 12.3. The van der Waals surface area contributed by atoms with Crippen LogP contribution in [0.25, 0.3) is 0 Å². The molecule has 0 atom stereocenters. The molecule has 1 aromatic carbocycles. The first-order chi connectivity index (χ1) is 10.1. The van der Waals surface area contributed by atoms with Crippen LogP contribution >= 0.6 is 0 Å². The summed E-state index contributed by atoms with van der Waals surface area (Å²) >= 11 is 0. The second kappa shape index (κ2) is 6.14. The highest BCUT2D eigenvalue weighted by Gasteiger charge is 2.37. The first-order valence-electron chi connectivity index (χ1n) is 7.94. The summed E-state index contributed by atoms with van der Waals surface area (Å²) in [5, 5.41) is 0. The topological polar surface area (TPSA) is 46.3 Å². The van der Waals surface area contributed by atoms with Crippen molar-refractivity contribution in [3.8, 4) is 0 Å². The molecule has 3 nitrogen and oxygen atoms in total. The average Bonchev–Trinajstić information content (AvgIpc) is 3.31. The van der Waals surface area contributed by atoms with Gasteiger partial charge in [-0.3, -0.25) is 4.79 Å². The van der Waals surface area contributed by atoms with E-state index in [0.717, 1.165) is 38.5 Å². The van der Waals surface area contributed by atoms with E-state index in [1.807, 2.05) is 11.0 Å². The number of carbonyl (C=O) groups excluding carboxylic acids is 1. The summed E-state index contributed by atoms with van der Waals surface area (Å²) < 4.78 is 13.8. The van der Waals surface area contributed by atoms with Gasteiger partial charge in [-0.25, -0.2) is 4.39 Å². The van der Waals surface area contributed by atoms with Crippen LogP contribution in [0.15, 0.2) is 24.3 Å². The summed E-state index contributed by atoms with van der Waals surface area (Å²) in [6.07, 6.45) is 5.70. The standard InChI is InChI=1S/C17H23FN2O/c18-16-4-2-1-3-13(16)11-20(15-9-10-15)17(21)12-5-7-14(19)8-6-12/h1-4,12,14-15H,5-11,19H2. The molecular formula is C17H23FN2O. The molecule has 1 amide bonds. The Morgan fingerprint density at radius 1 is 1.14 bits per heavy atom. The molecule has 2 fully saturated rings. The number of halogens is 1. The second-order valence-electron chi connectivity index (χ2n) is 6.40. The average molecular weight is 290 g/mol. The van der Waals surface area contributed by atoms with Gasteiger partial charge in [0.15, 0.2) is 0 Å². The van der Waals surface area contributed by atoms with Crippen molar-refractivity contribution in [2.75, 3.05) is 0 Å². The van der Waals surface area contributed by atoms with Crippen molar-refractivity contribution in [3.05, 3.63) is 35.6 Å². The van der Waals surface area contributed by atoms with E-state index in [2.05, 4.69) is 0 Å². The highest BCUT2D eigenvalue weighted by molar-refractivity contribution is 5.79. The van der Waals surface area contributed by atoms with Crippen molar-refractivity contribution < 1.29 is 9.18 Å². The Hall–Kier alpha value is -1.42. The van der Waals surface area contributed by atoms with E-state index in [0.29, 0.717) is 18.2 Å². The number of amides is 1. The number of hydrogen-bond donors (Lipinski definition) is 1. The molecule has 21 heavy (non-hydrogen) atoms. The zero-order chi connectivity index (χ0) is 14.8. The fourth-order valence-electron chi connectivity index (χ4n) is 3.18. The third kappa shape index (κ3) is 3.43. The third-order valence-electron chi connectivity index (χ3n) is 4.69. The Kier molecular flexibility index (Phi) is 4.24. The summed E-state index contributed by atoms with van der Waals surface area (Å²) in [7, 11) is 0. The molecule has 0 bridgehead atoms. The van der Waals surface area contributed by atoms with Crippen LogP contribution in [-0.4, -0.2) is 22.9 Å². The number of nitrogens with two attached hydrogens (primary N) is 1. The molecule has 4 heteroatoms. The fraction of sp³-hybridized carbons (Fsp3) is 0.588. The van der Waals surface area contributed by atoms with E-state index in [4.69, 9.17) is 5.73 Å². The van der Waals surface area contributed by atoms with Gasteiger partial charge in [-0.05, 0) is 44.6 Å². The Balaban J connectivity index is 1.70. The molecule has 2 saturated carbocycles. The maximum atomic E-state index is 13.8. The molecule has 0 heterocycles. The third-order valence-corrected chi connectivity index (χ3v) is 4.69. The van der Waals surface area contributed by atoms with Gasteiger partial charge in [0, 0.05) is 30.1 Å².